The molecule has 4 aromatic rings. The van der Waals surface area contributed by atoms with Crippen LogP contribution in [0.25, 0.3) is 22.2 Å². The summed E-state index contributed by atoms with van der Waals surface area (Å²) in [6.07, 6.45) is 10.7. The van der Waals surface area contributed by atoms with E-state index in [2.05, 4.69) is 16.9 Å². The minimum Gasteiger partial charge on any atom is -0.236 e. The van der Waals surface area contributed by atoms with Crippen molar-refractivity contribution in [2.24, 2.45) is 0 Å². The van der Waals surface area contributed by atoms with Crippen molar-refractivity contribution in [3.8, 4) is 11.4 Å². The standard InChI is InChI=1S/C28H27ClF2N2/c1-2-3-4-5-6-20-17-32-28(33-18-20)23-12-13-24-22(16-23)11-10-21(27(24)31)9-7-19-8-14-25(29)26(30)15-19/h8,10-18H,2-7,9H2,1H3. The molecule has 0 N–H and O–H groups in total. The molecule has 1 aromatic heterocycles. The molecular weight excluding hydrogens is 438 g/mol. The molecule has 4 rings (SSSR count). The van der Waals surface area contributed by atoms with Gasteiger partial charge in [0.05, 0.1) is 5.02 Å². The average Bonchev–Trinajstić information content (AvgIpc) is 2.84. The van der Waals surface area contributed by atoms with Crippen molar-refractivity contribution in [1.82, 2.24) is 9.97 Å². The highest BCUT2D eigenvalue weighted by atomic mass is 35.5. The number of aromatic nitrogens is 2. The molecule has 0 saturated carbocycles. The van der Waals surface area contributed by atoms with E-state index in [1.807, 2.05) is 30.6 Å². The Kier molecular flexibility index (Phi) is 7.66. The van der Waals surface area contributed by atoms with Gasteiger partial charge in [-0.3, -0.25) is 0 Å². The van der Waals surface area contributed by atoms with Crippen LogP contribution in [0.2, 0.25) is 5.02 Å². The van der Waals surface area contributed by atoms with Crippen molar-refractivity contribution in [2.45, 2.75) is 51.9 Å². The summed E-state index contributed by atoms with van der Waals surface area (Å²) in [6, 6.07) is 14.0. The van der Waals surface area contributed by atoms with Crippen LogP contribution in [0.1, 0.15) is 49.3 Å². The second-order valence-corrected chi connectivity index (χ2v) is 8.86. The highest BCUT2D eigenvalue weighted by molar-refractivity contribution is 6.30. The number of halogens is 3. The number of unbranched alkanes of at least 4 members (excludes halogenated alkanes) is 3. The van der Waals surface area contributed by atoms with Gasteiger partial charge in [0.1, 0.15) is 11.6 Å². The molecule has 2 nitrogen and oxygen atoms in total. The van der Waals surface area contributed by atoms with Crippen LogP contribution >= 0.6 is 11.6 Å². The highest BCUT2D eigenvalue weighted by Crippen LogP contribution is 2.27. The van der Waals surface area contributed by atoms with Gasteiger partial charge in [0.25, 0.3) is 0 Å². The Balaban J connectivity index is 1.47. The van der Waals surface area contributed by atoms with Gasteiger partial charge in [-0.1, -0.05) is 68.1 Å². The fourth-order valence-corrected chi connectivity index (χ4v) is 4.15. The topological polar surface area (TPSA) is 25.8 Å². The molecule has 0 aliphatic heterocycles. The zero-order valence-electron chi connectivity index (χ0n) is 18.8. The normalized spacial score (nSPS) is 11.3. The first kappa shape index (κ1) is 23.3. The van der Waals surface area contributed by atoms with Gasteiger partial charge >= 0.3 is 0 Å². The van der Waals surface area contributed by atoms with Crippen LogP contribution in [-0.4, -0.2) is 9.97 Å². The first-order valence-electron chi connectivity index (χ1n) is 11.5. The first-order valence-corrected chi connectivity index (χ1v) is 11.9. The molecule has 33 heavy (non-hydrogen) atoms. The molecule has 170 valence electrons. The number of rotatable bonds is 9. The second-order valence-electron chi connectivity index (χ2n) is 8.45. The van der Waals surface area contributed by atoms with Crippen molar-refractivity contribution in [3.05, 3.63) is 94.3 Å². The lowest BCUT2D eigenvalue weighted by molar-refractivity contribution is 0.617. The van der Waals surface area contributed by atoms with Gasteiger partial charge in [-0.2, -0.15) is 0 Å². The summed E-state index contributed by atoms with van der Waals surface area (Å²) < 4.78 is 28.8. The number of fused-ring (bicyclic) bond motifs is 1. The van der Waals surface area contributed by atoms with E-state index in [1.165, 1.54) is 31.4 Å². The molecule has 0 amide bonds. The van der Waals surface area contributed by atoms with E-state index in [-0.39, 0.29) is 10.8 Å². The van der Waals surface area contributed by atoms with Gasteiger partial charge in [-0.15, -0.1) is 0 Å². The number of aryl methyl sites for hydroxylation is 3. The Morgan fingerprint density at radius 3 is 2.36 bits per heavy atom. The number of nitrogens with zero attached hydrogens (tertiary/aromatic N) is 2. The molecule has 0 aliphatic carbocycles. The lowest BCUT2D eigenvalue weighted by atomic mass is 9.99. The molecule has 0 fully saturated rings. The van der Waals surface area contributed by atoms with Crippen molar-refractivity contribution < 1.29 is 8.78 Å². The highest BCUT2D eigenvalue weighted by Gasteiger charge is 2.11. The van der Waals surface area contributed by atoms with Crippen molar-refractivity contribution >= 4 is 22.4 Å². The largest absolute Gasteiger partial charge is 0.236 e. The zero-order valence-corrected chi connectivity index (χ0v) is 19.5. The summed E-state index contributed by atoms with van der Waals surface area (Å²) in [7, 11) is 0. The summed E-state index contributed by atoms with van der Waals surface area (Å²) in [6.45, 7) is 2.21. The van der Waals surface area contributed by atoms with Crippen LogP contribution in [0.15, 0.2) is 60.9 Å². The maximum atomic E-state index is 15.1. The maximum absolute atomic E-state index is 15.1. The van der Waals surface area contributed by atoms with Crippen LogP contribution < -0.4 is 0 Å². The van der Waals surface area contributed by atoms with Crippen LogP contribution in [0, 0.1) is 11.6 Å². The van der Waals surface area contributed by atoms with E-state index >= 15 is 4.39 Å². The second kappa shape index (κ2) is 10.8. The smallest absolute Gasteiger partial charge is 0.159 e. The third-order valence-electron chi connectivity index (χ3n) is 5.98. The summed E-state index contributed by atoms with van der Waals surface area (Å²) in [5, 5.41) is 1.46. The maximum Gasteiger partial charge on any atom is 0.159 e. The Morgan fingerprint density at radius 2 is 1.61 bits per heavy atom. The fourth-order valence-electron chi connectivity index (χ4n) is 4.03. The van der Waals surface area contributed by atoms with E-state index in [0.29, 0.717) is 29.6 Å². The number of hydrogen-bond donors (Lipinski definition) is 0. The van der Waals surface area contributed by atoms with Gasteiger partial charge in [-0.05, 0) is 66.0 Å². The van der Waals surface area contributed by atoms with E-state index < -0.39 is 5.82 Å². The van der Waals surface area contributed by atoms with Crippen molar-refractivity contribution in [3.63, 3.8) is 0 Å². The van der Waals surface area contributed by atoms with Gasteiger partial charge in [0.15, 0.2) is 5.82 Å². The summed E-state index contributed by atoms with van der Waals surface area (Å²) in [5.41, 5.74) is 3.41. The van der Waals surface area contributed by atoms with E-state index in [0.717, 1.165) is 34.9 Å². The lowest BCUT2D eigenvalue weighted by Crippen LogP contribution is -1.97. The van der Waals surface area contributed by atoms with Gasteiger partial charge < -0.3 is 0 Å². The molecule has 0 bridgehead atoms. The van der Waals surface area contributed by atoms with Crippen molar-refractivity contribution in [1.29, 1.82) is 0 Å². The molecule has 3 aromatic carbocycles. The number of benzene rings is 3. The quantitative estimate of drug-likeness (QED) is 0.233. The summed E-state index contributed by atoms with van der Waals surface area (Å²) >= 11 is 5.74. The Bertz CT molecular complexity index is 1240. The van der Waals surface area contributed by atoms with E-state index in [9.17, 15) is 4.39 Å². The molecule has 0 atom stereocenters. The van der Waals surface area contributed by atoms with Gasteiger partial charge in [-0.25, -0.2) is 18.7 Å². The molecule has 0 aliphatic rings. The first-order chi connectivity index (χ1) is 16.0. The predicted molar refractivity (Wildman–Crippen MR) is 132 cm³/mol. The van der Waals surface area contributed by atoms with E-state index in [1.54, 1.807) is 18.2 Å². The molecule has 1 heterocycles. The Hall–Kier alpha value is -2.85. The fraction of sp³-hybridized carbons (Fsp3) is 0.286. The molecule has 0 unspecified atom stereocenters. The summed E-state index contributed by atoms with van der Waals surface area (Å²) in [5.74, 6) is -0.0484. The van der Waals surface area contributed by atoms with Gasteiger partial charge in [0, 0.05) is 23.3 Å². The third-order valence-corrected chi connectivity index (χ3v) is 6.29. The Labute approximate surface area is 198 Å². The van der Waals surface area contributed by atoms with Crippen LogP contribution in [-0.2, 0) is 19.3 Å². The van der Waals surface area contributed by atoms with Crippen LogP contribution in [0.5, 0.6) is 0 Å². The van der Waals surface area contributed by atoms with Crippen molar-refractivity contribution in [2.75, 3.05) is 0 Å². The molecule has 5 heteroatoms. The lowest BCUT2D eigenvalue weighted by Gasteiger charge is -2.09. The van der Waals surface area contributed by atoms with Crippen LogP contribution in [0.4, 0.5) is 8.78 Å². The Morgan fingerprint density at radius 1 is 0.788 bits per heavy atom. The average molecular weight is 465 g/mol. The zero-order chi connectivity index (χ0) is 23.2. The third kappa shape index (κ3) is 5.75. The summed E-state index contributed by atoms with van der Waals surface area (Å²) in [4.78, 5) is 9.05. The minimum atomic E-state index is -0.451. The molecule has 0 radical (unpaired) electrons. The molecular formula is C28H27ClF2N2. The van der Waals surface area contributed by atoms with E-state index in [4.69, 9.17) is 11.6 Å². The van der Waals surface area contributed by atoms with Crippen LogP contribution in [0.3, 0.4) is 0 Å². The molecule has 0 saturated heterocycles. The SMILES string of the molecule is CCCCCCc1cnc(-c2ccc3c(F)c(CCc4ccc(Cl)c(F)c4)ccc3c2)nc1. The monoisotopic (exact) mass is 464 g/mol. The number of hydrogen-bond acceptors (Lipinski definition) is 2. The predicted octanol–water partition coefficient (Wildman–Crippen LogP) is 8.14. The van der Waals surface area contributed by atoms with Gasteiger partial charge in [0.2, 0.25) is 0 Å². The molecule has 0 spiro atoms. The minimum absolute atomic E-state index is 0.0945.